The Bertz CT molecular complexity index is 1480. The van der Waals surface area contributed by atoms with Gasteiger partial charge in [-0.05, 0) is 25.0 Å². The van der Waals surface area contributed by atoms with Crippen LogP contribution in [0.2, 0.25) is 0 Å². The smallest absolute Gasteiger partial charge is 0.346 e. The molecule has 0 radical (unpaired) electrons. The fourth-order valence-corrected chi connectivity index (χ4v) is 4.78. The summed E-state index contributed by atoms with van der Waals surface area (Å²) in [5.41, 5.74) is 2.10. The second-order valence-corrected chi connectivity index (χ2v) is 9.21. The number of H-pyrrole nitrogens is 1. The summed E-state index contributed by atoms with van der Waals surface area (Å²) in [6.45, 7) is 2.32. The van der Waals surface area contributed by atoms with Gasteiger partial charge in [-0.3, -0.25) is 14.4 Å². The van der Waals surface area contributed by atoms with Crippen LogP contribution in [0.15, 0.2) is 43.2 Å². The maximum atomic E-state index is 13.0. The molecule has 1 N–H and O–H groups in total. The lowest BCUT2D eigenvalue weighted by Gasteiger charge is -2.39. The number of nitrogens with zero attached hydrogens (tertiary/aromatic N) is 9. The fraction of sp³-hybridized carbons (Fsp3) is 0.400. The summed E-state index contributed by atoms with van der Waals surface area (Å²) < 4.78 is 40.8. The van der Waals surface area contributed by atoms with Gasteiger partial charge in [0.1, 0.15) is 17.7 Å². The van der Waals surface area contributed by atoms with E-state index in [9.17, 15) is 18.0 Å². The number of carbonyl (C=O) groups excluding carboxylic acids is 1. The van der Waals surface area contributed by atoms with Crippen LogP contribution in [0.1, 0.15) is 35.6 Å². The third kappa shape index (κ3) is 5.88. The highest BCUT2D eigenvalue weighted by Crippen LogP contribution is 2.26. The molecule has 0 aromatic carbocycles. The van der Waals surface area contributed by atoms with Crippen molar-refractivity contribution in [2.24, 2.45) is 0 Å². The highest BCUT2D eigenvalue weighted by molar-refractivity contribution is 5.92. The number of aromatic amines is 1. The molecule has 0 aliphatic carbocycles. The number of alkyl halides is 3. The topological polar surface area (TPSA) is 133 Å². The Morgan fingerprint density at radius 3 is 2.74 bits per heavy atom. The minimum Gasteiger partial charge on any atom is -0.346 e. The molecule has 1 aliphatic rings. The van der Waals surface area contributed by atoms with Gasteiger partial charge in [-0.2, -0.15) is 23.5 Å². The first kappa shape index (κ1) is 26.2. The first-order valence-electron chi connectivity index (χ1n) is 12.4. The summed E-state index contributed by atoms with van der Waals surface area (Å²) >= 11 is 0. The molecule has 1 aliphatic heterocycles. The quantitative estimate of drug-likeness (QED) is 0.339. The summed E-state index contributed by atoms with van der Waals surface area (Å²) in [6.07, 6.45) is 5.13. The van der Waals surface area contributed by atoms with Gasteiger partial charge in [0, 0.05) is 68.2 Å². The molecule has 5 heterocycles. The monoisotopic (exact) mass is 538 g/mol. The number of rotatable bonds is 8. The first-order chi connectivity index (χ1) is 18.8. The van der Waals surface area contributed by atoms with Gasteiger partial charge in [0.15, 0.2) is 0 Å². The van der Waals surface area contributed by atoms with E-state index in [4.69, 9.17) is 5.26 Å². The van der Waals surface area contributed by atoms with E-state index in [1.165, 1.54) is 17.3 Å². The van der Waals surface area contributed by atoms with Gasteiger partial charge in [0.25, 0.3) is 5.91 Å². The van der Waals surface area contributed by atoms with Crippen LogP contribution in [0.3, 0.4) is 0 Å². The van der Waals surface area contributed by atoms with Crippen LogP contribution in [-0.2, 0) is 12.7 Å². The summed E-state index contributed by atoms with van der Waals surface area (Å²) in [4.78, 5) is 35.0. The lowest BCUT2D eigenvalue weighted by atomic mass is 10.1. The molecule has 4 aromatic rings. The Balaban J connectivity index is 1.26. The van der Waals surface area contributed by atoms with E-state index in [0.717, 1.165) is 34.9 Å². The molecule has 0 saturated carbocycles. The Labute approximate surface area is 221 Å². The minimum absolute atomic E-state index is 0.0527. The van der Waals surface area contributed by atoms with Crippen LogP contribution in [0, 0.1) is 11.3 Å². The highest BCUT2D eigenvalue weighted by Gasteiger charge is 2.36. The number of carbonyl (C=O) groups is 1. The van der Waals surface area contributed by atoms with Gasteiger partial charge in [-0.1, -0.05) is 0 Å². The predicted octanol–water partition coefficient (Wildman–Crippen LogP) is 3.15. The molecule has 39 heavy (non-hydrogen) atoms. The van der Waals surface area contributed by atoms with Gasteiger partial charge in [0.2, 0.25) is 5.82 Å². The summed E-state index contributed by atoms with van der Waals surface area (Å²) in [5.74, 6) is -1.89. The second-order valence-electron chi connectivity index (χ2n) is 9.21. The van der Waals surface area contributed by atoms with Crippen LogP contribution < -0.4 is 0 Å². The lowest BCUT2D eigenvalue weighted by Crippen LogP contribution is -2.53. The number of amides is 1. The molecule has 14 heteroatoms. The molecule has 4 aromatic heterocycles. The molecule has 1 saturated heterocycles. The maximum absolute atomic E-state index is 13.0. The second kappa shape index (κ2) is 11.2. The molecule has 5 rings (SSSR count). The molecule has 202 valence electrons. The normalized spacial score (nSPS) is 15.4. The van der Waals surface area contributed by atoms with Crippen LogP contribution >= 0.6 is 0 Å². The van der Waals surface area contributed by atoms with Crippen LogP contribution in [-0.4, -0.2) is 82.6 Å². The predicted molar refractivity (Wildman–Crippen MR) is 133 cm³/mol. The lowest BCUT2D eigenvalue weighted by molar-refractivity contribution is -0.145. The SMILES string of the molecule is N#CCCC[C@@H](Cn1cc(-c2ncnc3[nH]ccc23)cn1)N1CCN(C(=O)c2ccnc(C(F)(F)F)n2)CC1. The Kier molecular flexibility index (Phi) is 7.51. The van der Waals surface area contributed by atoms with E-state index in [0.29, 0.717) is 45.6 Å². The van der Waals surface area contributed by atoms with Crippen molar-refractivity contribution in [1.82, 2.24) is 44.5 Å². The standard InChI is InChI=1S/C25H25F3N10O/c26-25(27,28)24-31-8-5-20(35-24)23(39)37-11-9-36(10-12-37)18(3-1-2-6-29)15-38-14-17(13-34-38)21-19-4-7-30-22(19)33-16-32-21/h4-5,7-8,13-14,16,18H,1-3,9-12,15H2,(H,30,32,33)/t18-/m0/s1. The van der Waals surface area contributed by atoms with E-state index in [-0.39, 0.29) is 11.7 Å². The van der Waals surface area contributed by atoms with Crippen molar-refractivity contribution in [3.05, 3.63) is 54.8 Å². The van der Waals surface area contributed by atoms with Gasteiger partial charge in [-0.25, -0.2) is 19.9 Å². The average molecular weight is 539 g/mol. The molecular weight excluding hydrogens is 513 g/mol. The van der Waals surface area contributed by atoms with Gasteiger partial charge in [0.05, 0.1) is 24.5 Å². The van der Waals surface area contributed by atoms with E-state index < -0.39 is 17.9 Å². The zero-order chi connectivity index (χ0) is 27.4. The Morgan fingerprint density at radius 1 is 1.15 bits per heavy atom. The van der Waals surface area contributed by atoms with E-state index >= 15 is 0 Å². The number of aromatic nitrogens is 7. The molecule has 1 atom stereocenters. The zero-order valence-electron chi connectivity index (χ0n) is 20.8. The number of hydrogen-bond donors (Lipinski definition) is 1. The maximum Gasteiger partial charge on any atom is 0.451 e. The number of fused-ring (bicyclic) bond motifs is 1. The van der Waals surface area contributed by atoms with E-state index in [1.54, 1.807) is 6.20 Å². The third-order valence-electron chi connectivity index (χ3n) is 6.73. The molecule has 0 bridgehead atoms. The van der Waals surface area contributed by atoms with Crippen molar-refractivity contribution >= 4 is 16.9 Å². The number of nitriles is 1. The van der Waals surface area contributed by atoms with Gasteiger partial charge < -0.3 is 9.88 Å². The first-order valence-corrected chi connectivity index (χ1v) is 12.4. The van der Waals surface area contributed by atoms with Crippen LogP contribution in [0.5, 0.6) is 0 Å². The van der Waals surface area contributed by atoms with E-state index in [1.807, 2.05) is 23.1 Å². The number of unbranched alkanes of at least 4 members (excludes halogenated alkanes) is 1. The minimum atomic E-state index is -4.72. The van der Waals surface area contributed by atoms with Crippen molar-refractivity contribution in [3.8, 4) is 17.3 Å². The molecule has 1 amide bonds. The van der Waals surface area contributed by atoms with Crippen LogP contribution in [0.4, 0.5) is 13.2 Å². The summed E-state index contributed by atoms with van der Waals surface area (Å²) in [7, 11) is 0. The molecule has 1 fully saturated rings. The highest BCUT2D eigenvalue weighted by atomic mass is 19.4. The summed E-state index contributed by atoms with van der Waals surface area (Å²) in [5, 5.41) is 14.5. The fourth-order valence-electron chi connectivity index (χ4n) is 4.78. The van der Waals surface area contributed by atoms with Crippen molar-refractivity contribution in [2.45, 2.75) is 38.0 Å². The van der Waals surface area contributed by atoms with Crippen molar-refractivity contribution in [3.63, 3.8) is 0 Å². The van der Waals surface area contributed by atoms with Crippen LogP contribution in [0.25, 0.3) is 22.3 Å². The molecule has 0 unspecified atom stereocenters. The molecule has 0 spiro atoms. The Morgan fingerprint density at radius 2 is 1.97 bits per heavy atom. The zero-order valence-corrected chi connectivity index (χ0v) is 20.8. The molecule has 11 nitrogen and oxygen atoms in total. The third-order valence-corrected chi connectivity index (χ3v) is 6.73. The molecular formula is C25H25F3N10O. The number of hydrogen-bond acceptors (Lipinski definition) is 8. The van der Waals surface area contributed by atoms with Crippen molar-refractivity contribution in [2.75, 3.05) is 26.2 Å². The number of nitrogens with one attached hydrogen (secondary N) is 1. The average Bonchev–Trinajstić information content (AvgIpc) is 3.62. The van der Waals surface area contributed by atoms with Crippen molar-refractivity contribution in [1.29, 1.82) is 5.26 Å². The number of piperazine rings is 1. The van der Waals surface area contributed by atoms with E-state index in [2.05, 4.69) is 41.0 Å². The van der Waals surface area contributed by atoms with Crippen molar-refractivity contribution < 1.29 is 18.0 Å². The van der Waals surface area contributed by atoms with Gasteiger partial charge >= 0.3 is 6.18 Å². The summed E-state index contributed by atoms with van der Waals surface area (Å²) in [6, 6.07) is 5.35. The Hall–Kier alpha value is -4.38. The van der Waals surface area contributed by atoms with Gasteiger partial charge in [-0.15, -0.1) is 0 Å². The largest absolute Gasteiger partial charge is 0.451 e. The number of halogens is 3.